The van der Waals surface area contributed by atoms with E-state index in [4.69, 9.17) is 4.74 Å². The molecule has 1 aromatic rings. The highest BCUT2D eigenvalue weighted by atomic mass is 79.9. The minimum atomic E-state index is 0.308. The van der Waals surface area contributed by atoms with E-state index in [1.807, 2.05) is 14.0 Å². The van der Waals surface area contributed by atoms with Crippen LogP contribution in [-0.2, 0) is 4.74 Å². The van der Waals surface area contributed by atoms with Crippen LogP contribution in [0.3, 0.4) is 0 Å². The van der Waals surface area contributed by atoms with Crippen LogP contribution < -0.4 is 5.32 Å². The molecule has 0 fully saturated rings. The topological polar surface area (TPSA) is 21.3 Å². The highest BCUT2D eigenvalue weighted by molar-refractivity contribution is 9.11. The molecule has 74 valence electrons. The molecule has 0 bridgehead atoms. The molecule has 1 aromatic heterocycles. The molecule has 13 heavy (non-hydrogen) atoms. The van der Waals surface area contributed by atoms with Crippen LogP contribution in [0, 0.1) is 0 Å². The molecule has 1 atom stereocenters. The van der Waals surface area contributed by atoms with Gasteiger partial charge in [0.05, 0.1) is 16.4 Å². The molecule has 0 spiro atoms. The maximum absolute atomic E-state index is 5.38. The van der Waals surface area contributed by atoms with E-state index in [-0.39, 0.29) is 0 Å². The first kappa shape index (κ1) is 11.2. The Labute approximate surface area is 91.4 Å². The van der Waals surface area contributed by atoms with Gasteiger partial charge in [0.2, 0.25) is 0 Å². The normalized spacial score (nSPS) is 13.2. The van der Waals surface area contributed by atoms with Crippen LogP contribution in [0.4, 0.5) is 0 Å². The molecule has 0 radical (unpaired) electrons. The summed E-state index contributed by atoms with van der Waals surface area (Å²) in [6, 6.07) is 2.44. The number of hydrogen-bond acceptors (Lipinski definition) is 3. The minimum Gasteiger partial charge on any atom is -0.380 e. The molecule has 0 aliphatic carbocycles. The van der Waals surface area contributed by atoms with Gasteiger partial charge in [-0.15, -0.1) is 11.3 Å². The Bertz CT molecular complexity index is 252. The van der Waals surface area contributed by atoms with Crippen molar-refractivity contribution in [3.05, 3.63) is 20.8 Å². The largest absolute Gasteiger partial charge is 0.380 e. The molecule has 1 N–H and O–H groups in total. The van der Waals surface area contributed by atoms with Crippen molar-refractivity contribution in [3.8, 4) is 0 Å². The summed E-state index contributed by atoms with van der Waals surface area (Å²) in [5.41, 5.74) is 1.29. The first-order valence-electron chi connectivity index (χ1n) is 4.26. The second kappa shape index (κ2) is 5.75. The molecule has 0 saturated carbocycles. The van der Waals surface area contributed by atoms with Crippen molar-refractivity contribution >= 4 is 27.3 Å². The van der Waals surface area contributed by atoms with Gasteiger partial charge in [-0.25, -0.2) is 0 Å². The summed E-state index contributed by atoms with van der Waals surface area (Å²) >= 11 is 5.15. The highest BCUT2D eigenvalue weighted by Crippen LogP contribution is 2.25. The summed E-state index contributed by atoms with van der Waals surface area (Å²) in [6.45, 7) is 3.51. The molecular weight excluding hydrogens is 250 g/mol. The van der Waals surface area contributed by atoms with Gasteiger partial charge in [0.1, 0.15) is 0 Å². The van der Waals surface area contributed by atoms with Gasteiger partial charge in [-0.2, -0.15) is 0 Å². The Hall–Kier alpha value is 0.100. The zero-order valence-corrected chi connectivity index (χ0v) is 10.2. The van der Waals surface area contributed by atoms with Crippen molar-refractivity contribution in [2.75, 3.05) is 20.3 Å². The lowest BCUT2D eigenvalue weighted by atomic mass is 10.2. The van der Waals surface area contributed by atoms with Crippen LogP contribution in [0.25, 0.3) is 0 Å². The van der Waals surface area contributed by atoms with Gasteiger partial charge < -0.3 is 10.1 Å². The molecule has 1 heterocycles. The standard InChI is InChI=1S/C9H14BrNOS/c1-3-12-5-8(11-2)7-4-9(10)13-6-7/h4,6,8,11H,3,5H2,1-2H3. The summed E-state index contributed by atoms with van der Waals surface area (Å²) in [5, 5.41) is 5.37. The van der Waals surface area contributed by atoms with Crippen LogP contribution in [0.15, 0.2) is 15.2 Å². The summed E-state index contributed by atoms with van der Waals surface area (Å²) in [6.07, 6.45) is 0. The SMILES string of the molecule is CCOCC(NC)c1csc(Br)c1. The van der Waals surface area contributed by atoms with Gasteiger partial charge in [0.25, 0.3) is 0 Å². The van der Waals surface area contributed by atoms with Crippen molar-refractivity contribution in [1.29, 1.82) is 0 Å². The number of ether oxygens (including phenoxy) is 1. The van der Waals surface area contributed by atoms with E-state index in [0.29, 0.717) is 6.04 Å². The average Bonchev–Trinajstić information content (AvgIpc) is 2.54. The van der Waals surface area contributed by atoms with E-state index >= 15 is 0 Å². The van der Waals surface area contributed by atoms with Gasteiger partial charge >= 0.3 is 0 Å². The summed E-state index contributed by atoms with van der Waals surface area (Å²) in [4.78, 5) is 0. The third-order valence-corrected chi connectivity index (χ3v) is 3.35. The van der Waals surface area contributed by atoms with Crippen LogP contribution >= 0.6 is 27.3 Å². The molecule has 1 rings (SSSR count). The van der Waals surface area contributed by atoms with E-state index in [2.05, 4.69) is 32.7 Å². The molecule has 1 unspecified atom stereocenters. The Kier molecular flexibility index (Phi) is 4.94. The van der Waals surface area contributed by atoms with Crippen molar-refractivity contribution in [3.63, 3.8) is 0 Å². The molecule has 0 aliphatic rings. The first-order valence-corrected chi connectivity index (χ1v) is 5.94. The number of halogens is 1. The lowest BCUT2D eigenvalue weighted by Crippen LogP contribution is -2.21. The quantitative estimate of drug-likeness (QED) is 0.883. The van der Waals surface area contributed by atoms with Crippen molar-refractivity contribution < 1.29 is 4.74 Å². The smallest absolute Gasteiger partial charge is 0.0701 e. The number of nitrogens with one attached hydrogen (secondary N) is 1. The van der Waals surface area contributed by atoms with Crippen molar-refractivity contribution in [2.24, 2.45) is 0 Å². The van der Waals surface area contributed by atoms with E-state index in [1.165, 1.54) is 9.35 Å². The third kappa shape index (κ3) is 3.38. The second-order valence-corrected chi connectivity index (χ2v) is 4.98. The highest BCUT2D eigenvalue weighted by Gasteiger charge is 2.10. The van der Waals surface area contributed by atoms with Gasteiger partial charge in [-0.1, -0.05) is 0 Å². The van der Waals surface area contributed by atoms with E-state index < -0.39 is 0 Å². The third-order valence-electron chi connectivity index (χ3n) is 1.83. The fourth-order valence-corrected chi connectivity index (χ4v) is 2.32. The molecule has 4 heteroatoms. The maximum atomic E-state index is 5.38. The summed E-state index contributed by atoms with van der Waals surface area (Å²) < 4.78 is 6.54. The summed E-state index contributed by atoms with van der Waals surface area (Å²) in [5.74, 6) is 0. The zero-order valence-electron chi connectivity index (χ0n) is 7.84. The predicted octanol–water partition coefficient (Wildman–Crippen LogP) is 2.81. The number of likely N-dealkylation sites (N-methyl/N-ethyl adjacent to an activating group) is 1. The first-order chi connectivity index (χ1) is 6.27. The average molecular weight is 264 g/mol. The number of thiophene rings is 1. The Morgan fingerprint density at radius 2 is 2.46 bits per heavy atom. The molecule has 2 nitrogen and oxygen atoms in total. The van der Waals surface area contributed by atoms with Gasteiger partial charge in [-0.3, -0.25) is 0 Å². The van der Waals surface area contributed by atoms with Crippen LogP contribution in [0.2, 0.25) is 0 Å². The Morgan fingerprint density at radius 1 is 1.69 bits per heavy atom. The summed E-state index contributed by atoms with van der Waals surface area (Å²) in [7, 11) is 1.95. The second-order valence-electron chi connectivity index (χ2n) is 2.68. The van der Waals surface area contributed by atoms with Gasteiger partial charge in [0.15, 0.2) is 0 Å². The number of hydrogen-bond donors (Lipinski definition) is 1. The fraction of sp³-hybridized carbons (Fsp3) is 0.556. The molecule has 0 aromatic carbocycles. The van der Waals surface area contributed by atoms with E-state index in [1.54, 1.807) is 11.3 Å². The van der Waals surface area contributed by atoms with E-state index in [9.17, 15) is 0 Å². The predicted molar refractivity (Wildman–Crippen MR) is 60.3 cm³/mol. The zero-order chi connectivity index (χ0) is 9.68. The van der Waals surface area contributed by atoms with Crippen LogP contribution in [0.5, 0.6) is 0 Å². The van der Waals surface area contributed by atoms with Crippen LogP contribution in [-0.4, -0.2) is 20.3 Å². The minimum absolute atomic E-state index is 0.308. The van der Waals surface area contributed by atoms with Crippen LogP contribution in [0.1, 0.15) is 18.5 Å². The van der Waals surface area contributed by atoms with Gasteiger partial charge in [0, 0.05) is 6.61 Å². The lowest BCUT2D eigenvalue weighted by Gasteiger charge is -2.14. The fourth-order valence-electron chi connectivity index (χ4n) is 1.09. The van der Waals surface area contributed by atoms with Crippen molar-refractivity contribution in [2.45, 2.75) is 13.0 Å². The number of rotatable bonds is 5. The maximum Gasteiger partial charge on any atom is 0.0701 e. The van der Waals surface area contributed by atoms with Gasteiger partial charge in [-0.05, 0) is 46.9 Å². The lowest BCUT2D eigenvalue weighted by molar-refractivity contribution is 0.125. The molecule has 0 aliphatic heterocycles. The van der Waals surface area contributed by atoms with E-state index in [0.717, 1.165) is 13.2 Å². The van der Waals surface area contributed by atoms with Crippen molar-refractivity contribution in [1.82, 2.24) is 5.32 Å². The molecule has 0 amide bonds. The molecule has 0 saturated heterocycles. The molecular formula is C9H14BrNOS. The Balaban J connectivity index is 2.56. The monoisotopic (exact) mass is 263 g/mol. The Morgan fingerprint density at radius 3 is 2.92 bits per heavy atom.